The summed E-state index contributed by atoms with van der Waals surface area (Å²) in [5, 5.41) is 21.6. The van der Waals surface area contributed by atoms with Gasteiger partial charge in [-0.15, -0.1) is 0 Å². The van der Waals surface area contributed by atoms with E-state index in [1.165, 1.54) is 0 Å². The topological polar surface area (TPSA) is 139 Å². The Bertz CT molecular complexity index is 711. The van der Waals surface area contributed by atoms with Crippen molar-refractivity contribution in [3.05, 3.63) is 38.4 Å². The number of hydrogen-bond donors (Lipinski definition) is 0. The molecule has 0 fully saturated rings. The Balaban J connectivity index is 2.55. The van der Waals surface area contributed by atoms with Gasteiger partial charge in [0.05, 0.1) is 49.9 Å². The summed E-state index contributed by atoms with van der Waals surface area (Å²) in [7, 11) is 5.82. The van der Waals surface area contributed by atoms with Crippen LogP contribution in [0.25, 0.3) is 0 Å². The molecule has 0 aliphatic heterocycles. The highest BCUT2D eigenvalue weighted by molar-refractivity contribution is 5.79. The molecule has 0 aliphatic rings. The van der Waals surface area contributed by atoms with Gasteiger partial charge in [-0.1, -0.05) is 0 Å². The van der Waals surface area contributed by atoms with Crippen LogP contribution < -0.4 is 4.74 Å². The minimum Gasteiger partial charge on any atom is -0.460 e. The van der Waals surface area contributed by atoms with Gasteiger partial charge in [-0.2, -0.15) is 0 Å². The van der Waals surface area contributed by atoms with E-state index in [-0.39, 0.29) is 25.2 Å². The van der Waals surface area contributed by atoms with E-state index in [0.717, 1.165) is 18.2 Å². The zero-order valence-electron chi connectivity index (χ0n) is 14.7. The molecule has 0 amide bonds. The number of carbonyl (C=O) groups is 2. The molecule has 0 aliphatic carbocycles. The van der Waals surface area contributed by atoms with Crippen LogP contribution in [-0.4, -0.2) is 60.6 Å². The fourth-order valence-electron chi connectivity index (χ4n) is 1.76. The molecule has 142 valence electrons. The van der Waals surface area contributed by atoms with Crippen LogP contribution in [0, 0.1) is 20.2 Å². The molecule has 0 spiro atoms. The van der Waals surface area contributed by atoms with E-state index < -0.39 is 33.2 Å². The summed E-state index contributed by atoms with van der Waals surface area (Å²) in [5.74, 6) is -1.59. The Morgan fingerprint density at radius 2 is 1.58 bits per heavy atom. The van der Waals surface area contributed by atoms with Crippen molar-refractivity contribution >= 4 is 23.3 Å². The zero-order valence-corrected chi connectivity index (χ0v) is 14.7. The number of quaternary nitrogens is 1. The highest BCUT2D eigenvalue weighted by Gasteiger charge is 2.25. The normalized spacial score (nSPS) is 10.9. The third-order valence-electron chi connectivity index (χ3n) is 3.13. The molecule has 0 atom stereocenters. The van der Waals surface area contributed by atoms with Crippen molar-refractivity contribution in [3.63, 3.8) is 0 Å². The van der Waals surface area contributed by atoms with E-state index in [1.54, 1.807) is 0 Å². The number of esters is 2. The fourth-order valence-corrected chi connectivity index (χ4v) is 1.76. The summed E-state index contributed by atoms with van der Waals surface area (Å²) in [4.78, 5) is 43.0. The van der Waals surface area contributed by atoms with Gasteiger partial charge in [-0.25, -0.2) is 0 Å². The maximum Gasteiger partial charge on any atom is 0.349 e. The lowest BCUT2D eigenvalue weighted by Crippen LogP contribution is -2.38. The first-order valence-electron chi connectivity index (χ1n) is 7.59. The molecule has 0 unspecified atom stereocenters. The summed E-state index contributed by atoms with van der Waals surface area (Å²) < 4.78 is 10.5. The van der Waals surface area contributed by atoms with E-state index in [4.69, 9.17) is 9.47 Å². The summed E-state index contributed by atoms with van der Waals surface area (Å²) in [6, 6.07) is 2.73. The predicted octanol–water partition coefficient (Wildman–Crippen LogP) is 1.44. The van der Waals surface area contributed by atoms with Gasteiger partial charge in [0, 0.05) is 6.07 Å². The number of nitro benzene ring substituents is 2. The van der Waals surface area contributed by atoms with Crippen molar-refractivity contribution in [2.45, 2.75) is 12.8 Å². The Hall–Kier alpha value is -3.08. The van der Waals surface area contributed by atoms with Gasteiger partial charge in [0.1, 0.15) is 18.9 Å². The van der Waals surface area contributed by atoms with Crippen molar-refractivity contribution in [2.24, 2.45) is 0 Å². The number of rotatable bonds is 9. The predicted molar refractivity (Wildman–Crippen MR) is 88.5 cm³/mol. The largest absolute Gasteiger partial charge is 0.460 e. The van der Waals surface area contributed by atoms with Gasteiger partial charge < -0.3 is 14.0 Å². The molecular formula is C15H20N3O8+. The number of carbonyl (C=O) groups excluding carboxylic acids is 2. The molecule has 0 heterocycles. The molecule has 11 nitrogen and oxygen atoms in total. The number of likely N-dealkylation sites (N-methyl/N-ethyl adjacent to an activating group) is 1. The first-order valence-corrected chi connectivity index (χ1v) is 7.59. The summed E-state index contributed by atoms with van der Waals surface area (Å²) in [6.07, 6.45) is -0.487. The van der Waals surface area contributed by atoms with Crippen LogP contribution in [0.1, 0.15) is 12.8 Å². The average molecular weight is 370 g/mol. The Morgan fingerprint density at radius 3 is 2.12 bits per heavy atom. The molecule has 0 bridgehead atoms. The molecule has 26 heavy (non-hydrogen) atoms. The van der Waals surface area contributed by atoms with Crippen molar-refractivity contribution in [1.82, 2.24) is 0 Å². The lowest BCUT2D eigenvalue weighted by Gasteiger charge is -2.23. The second-order valence-electron chi connectivity index (χ2n) is 6.37. The van der Waals surface area contributed by atoms with Crippen molar-refractivity contribution in [1.29, 1.82) is 0 Å². The van der Waals surface area contributed by atoms with Gasteiger partial charge >= 0.3 is 23.3 Å². The minimum absolute atomic E-state index is 0.203. The minimum atomic E-state index is -0.944. The zero-order chi connectivity index (χ0) is 19.9. The number of nitro groups is 2. The Kier molecular flexibility index (Phi) is 7.14. The third-order valence-corrected chi connectivity index (χ3v) is 3.13. The van der Waals surface area contributed by atoms with Crippen LogP contribution in [-0.2, 0) is 14.3 Å². The van der Waals surface area contributed by atoms with Crippen LogP contribution in [0.15, 0.2) is 18.2 Å². The lowest BCUT2D eigenvalue weighted by molar-refractivity contribution is -0.870. The third kappa shape index (κ3) is 7.21. The van der Waals surface area contributed by atoms with E-state index >= 15 is 0 Å². The number of benzene rings is 1. The van der Waals surface area contributed by atoms with Gasteiger partial charge in [-0.05, 0) is 6.07 Å². The summed E-state index contributed by atoms with van der Waals surface area (Å²) in [6.45, 7) is 0.828. The monoisotopic (exact) mass is 370 g/mol. The molecule has 11 heteroatoms. The summed E-state index contributed by atoms with van der Waals surface area (Å²) in [5.41, 5.74) is -1.50. The molecule has 1 rings (SSSR count). The van der Waals surface area contributed by atoms with Gasteiger partial charge in [0.2, 0.25) is 0 Å². The molecule has 0 radical (unpaired) electrons. The fraction of sp³-hybridized carbons (Fsp3) is 0.467. The molecule has 0 N–H and O–H groups in total. The van der Waals surface area contributed by atoms with Crippen molar-refractivity contribution < 1.29 is 33.4 Å². The Labute approximate surface area is 149 Å². The van der Waals surface area contributed by atoms with E-state index in [2.05, 4.69) is 0 Å². The lowest BCUT2D eigenvalue weighted by atomic mass is 10.2. The standard InChI is InChI=1S/C15H20N3O8/c1-18(2,3)8-9-25-14(19)6-7-15(20)26-11-4-5-12(16(21)22)13(10-11)17(23)24/h4-5,10H,6-9H2,1-3H3/q+1. The first kappa shape index (κ1) is 21.0. The van der Waals surface area contributed by atoms with Crippen molar-refractivity contribution in [2.75, 3.05) is 34.3 Å². The van der Waals surface area contributed by atoms with Crippen LogP contribution in [0.5, 0.6) is 5.75 Å². The molecule has 0 saturated carbocycles. The quantitative estimate of drug-likeness (QED) is 0.209. The van der Waals surface area contributed by atoms with Gasteiger partial charge in [0.15, 0.2) is 0 Å². The van der Waals surface area contributed by atoms with Crippen LogP contribution in [0.4, 0.5) is 11.4 Å². The second-order valence-corrected chi connectivity index (χ2v) is 6.37. The number of ether oxygens (including phenoxy) is 2. The van der Waals surface area contributed by atoms with Gasteiger partial charge in [0.25, 0.3) is 0 Å². The maximum absolute atomic E-state index is 11.7. The Morgan fingerprint density at radius 1 is 1.00 bits per heavy atom. The number of hydrogen-bond acceptors (Lipinski definition) is 8. The van der Waals surface area contributed by atoms with Gasteiger partial charge in [-0.3, -0.25) is 29.8 Å². The van der Waals surface area contributed by atoms with Crippen LogP contribution in [0.3, 0.4) is 0 Å². The SMILES string of the molecule is C[N+](C)(C)CCOC(=O)CCC(=O)Oc1ccc([N+](=O)[O-])c([N+](=O)[O-])c1. The molecule has 1 aromatic rings. The smallest absolute Gasteiger partial charge is 0.349 e. The number of nitrogens with zero attached hydrogens (tertiary/aromatic N) is 3. The van der Waals surface area contributed by atoms with E-state index in [1.807, 2.05) is 21.1 Å². The maximum atomic E-state index is 11.7. The molecule has 0 aromatic heterocycles. The average Bonchev–Trinajstić information content (AvgIpc) is 2.51. The first-order chi connectivity index (χ1) is 12.0. The molecular weight excluding hydrogens is 350 g/mol. The second kappa shape index (κ2) is 8.85. The molecule has 1 aromatic carbocycles. The highest BCUT2D eigenvalue weighted by atomic mass is 16.6. The van der Waals surface area contributed by atoms with Crippen LogP contribution >= 0.6 is 0 Å². The molecule has 0 saturated heterocycles. The highest BCUT2D eigenvalue weighted by Crippen LogP contribution is 2.30. The van der Waals surface area contributed by atoms with Crippen LogP contribution in [0.2, 0.25) is 0 Å². The van der Waals surface area contributed by atoms with Crippen molar-refractivity contribution in [3.8, 4) is 5.75 Å². The van der Waals surface area contributed by atoms with E-state index in [9.17, 15) is 29.8 Å². The van der Waals surface area contributed by atoms with E-state index in [0.29, 0.717) is 11.0 Å². The summed E-state index contributed by atoms with van der Waals surface area (Å²) >= 11 is 0.